The van der Waals surface area contributed by atoms with E-state index in [0.29, 0.717) is 6.54 Å². The standard InChI is InChI=1S/C15H16BrNO/c1-2-11-4-3-5-14(8-11)18-15-7-6-13(16)9-12(15)10-17/h3-9H,2,10,17H2,1H3. The lowest BCUT2D eigenvalue weighted by molar-refractivity contribution is 0.475. The van der Waals surface area contributed by atoms with Gasteiger partial charge in [-0.15, -0.1) is 0 Å². The third-order valence-corrected chi connectivity index (χ3v) is 3.27. The molecule has 2 N–H and O–H groups in total. The van der Waals surface area contributed by atoms with E-state index in [4.69, 9.17) is 10.5 Å². The molecule has 0 aromatic heterocycles. The maximum Gasteiger partial charge on any atom is 0.131 e. The molecule has 2 rings (SSSR count). The highest BCUT2D eigenvalue weighted by atomic mass is 79.9. The maximum atomic E-state index is 5.90. The minimum absolute atomic E-state index is 0.461. The van der Waals surface area contributed by atoms with Gasteiger partial charge in [-0.25, -0.2) is 0 Å². The smallest absolute Gasteiger partial charge is 0.131 e. The Labute approximate surface area is 116 Å². The lowest BCUT2D eigenvalue weighted by atomic mass is 10.1. The first-order chi connectivity index (χ1) is 8.72. The Hall–Kier alpha value is -1.32. The minimum Gasteiger partial charge on any atom is -0.457 e. The summed E-state index contributed by atoms with van der Waals surface area (Å²) in [5, 5.41) is 0. The van der Waals surface area contributed by atoms with Crippen LogP contribution >= 0.6 is 15.9 Å². The van der Waals surface area contributed by atoms with Crippen LogP contribution in [-0.2, 0) is 13.0 Å². The van der Waals surface area contributed by atoms with Crippen molar-refractivity contribution in [2.45, 2.75) is 19.9 Å². The molecule has 94 valence electrons. The second kappa shape index (κ2) is 6.03. The van der Waals surface area contributed by atoms with Crippen molar-refractivity contribution in [1.29, 1.82) is 0 Å². The molecule has 0 aliphatic carbocycles. The number of halogens is 1. The highest BCUT2D eigenvalue weighted by molar-refractivity contribution is 9.10. The quantitative estimate of drug-likeness (QED) is 0.916. The first-order valence-electron chi connectivity index (χ1n) is 5.98. The van der Waals surface area contributed by atoms with Gasteiger partial charge in [0.2, 0.25) is 0 Å². The molecule has 2 aromatic carbocycles. The third kappa shape index (κ3) is 3.12. The monoisotopic (exact) mass is 305 g/mol. The van der Waals surface area contributed by atoms with E-state index in [-0.39, 0.29) is 0 Å². The van der Waals surface area contributed by atoms with Crippen LogP contribution in [0.5, 0.6) is 11.5 Å². The van der Waals surface area contributed by atoms with E-state index >= 15 is 0 Å². The third-order valence-electron chi connectivity index (χ3n) is 2.78. The zero-order valence-electron chi connectivity index (χ0n) is 10.3. The molecule has 2 nitrogen and oxygen atoms in total. The number of hydrogen-bond donors (Lipinski definition) is 1. The number of aryl methyl sites for hydroxylation is 1. The summed E-state index contributed by atoms with van der Waals surface area (Å²) >= 11 is 3.43. The van der Waals surface area contributed by atoms with E-state index in [0.717, 1.165) is 28.0 Å². The van der Waals surface area contributed by atoms with Gasteiger partial charge < -0.3 is 10.5 Å². The normalized spacial score (nSPS) is 10.4. The number of ether oxygens (including phenoxy) is 1. The molecule has 0 radical (unpaired) electrons. The molecule has 0 aliphatic rings. The summed E-state index contributed by atoms with van der Waals surface area (Å²) in [5.41, 5.74) is 7.98. The van der Waals surface area contributed by atoms with Gasteiger partial charge in [-0.05, 0) is 42.3 Å². The van der Waals surface area contributed by atoms with Gasteiger partial charge in [0.1, 0.15) is 11.5 Å². The molecular formula is C15H16BrNO. The summed E-state index contributed by atoms with van der Waals surface area (Å²) in [7, 11) is 0. The fraction of sp³-hybridized carbons (Fsp3) is 0.200. The van der Waals surface area contributed by atoms with Crippen molar-refractivity contribution in [1.82, 2.24) is 0 Å². The molecule has 0 amide bonds. The first-order valence-corrected chi connectivity index (χ1v) is 6.77. The Balaban J connectivity index is 2.27. The van der Waals surface area contributed by atoms with Gasteiger partial charge in [-0.3, -0.25) is 0 Å². The van der Waals surface area contributed by atoms with Crippen LogP contribution in [0.1, 0.15) is 18.1 Å². The summed E-state index contributed by atoms with van der Waals surface area (Å²) < 4.78 is 6.91. The predicted molar refractivity (Wildman–Crippen MR) is 77.9 cm³/mol. The van der Waals surface area contributed by atoms with Gasteiger partial charge in [0.15, 0.2) is 0 Å². The van der Waals surface area contributed by atoms with Crippen molar-refractivity contribution in [2.24, 2.45) is 5.73 Å². The van der Waals surface area contributed by atoms with Crippen molar-refractivity contribution in [3.8, 4) is 11.5 Å². The predicted octanol–water partition coefficient (Wildman–Crippen LogP) is 4.26. The van der Waals surface area contributed by atoms with Crippen LogP contribution in [0.4, 0.5) is 0 Å². The minimum atomic E-state index is 0.461. The second-order valence-electron chi connectivity index (χ2n) is 4.06. The van der Waals surface area contributed by atoms with Crippen LogP contribution < -0.4 is 10.5 Å². The average molecular weight is 306 g/mol. The Kier molecular flexibility index (Phi) is 4.39. The molecule has 0 spiro atoms. The molecule has 0 fully saturated rings. The zero-order valence-corrected chi connectivity index (χ0v) is 11.9. The van der Waals surface area contributed by atoms with Crippen molar-refractivity contribution in [3.05, 3.63) is 58.1 Å². The lowest BCUT2D eigenvalue weighted by Gasteiger charge is -2.11. The Morgan fingerprint density at radius 3 is 2.72 bits per heavy atom. The van der Waals surface area contributed by atoms with Gasteiger partial charge in [-0.1, -0.05) is 35.0 Å². The highest BCUT2D eigenvalue weighted by Gasteiger charge is 2.05. The average Bonchev–Trinajstić information content (AvgIpc) is 2.41. The SMILES string of the molecule is CCc1cccc(Oc2ccc(Br)cc2CN)c1. The second-order valence-corrected chi connectivity index (χ2v) is 4.97. The largest absolute Gasteiger partial charge is 0.457 e. The first kappa shape index (κ1) is 13.1. The van der Waals surface area contributed by atoms with Gasteiger partial charge in [0.05, 0.1) is 0 Å². The van der Waals surface area contributed by atoms with E-state index in [1.54, 1.807) is 0 Å². The lowest BCUT2D eigenvalue weighted by Crippen LogP contribution is -1.99. The molecule has 0 heterocycles. The van der Waals surface area contributed by atoms with Crippen LogP contribution in [-0.4, -0.2) is 0 Å². The Bertz CT molecular complexity index is 540. The van der Waals surface area contributed by atoms with Crippen molar-refractivity contribution in [3.63, 3.8) is 0 Å². The van der Waals surface area contributed by atoms with Gasteiger partial charge in [-0.2, -0.15) is 0 Å². The van der Waals surface area contributed by atoms with Crippen LogP contribution in [0.15, 0.2) is 46.9 Å². The van der Waals surface area contributed by atoms with E-state index < -0.39 is 0 Å². The number of hydrogen-bond acceptors (Lipinski definition) is 2. The van der Waals surface area contributed by atoms with Crippen LogP contribution in [0, 0.1) is 0 Å². The molecule has 0 saturated carbocycles. The summed E-state index contributed by atoms with van der Waals surface area (Å²) in [4.78, 5) is 0. The van der Waals surface area contributed by atoms with Crippen molar-refractivity contribution in [2.75, 3.05) is 0 Å². The number of benzene rings is 2. The molecule has 2 aromatic rings. The van der Waals surface area contributed by atoms with E-state index in [2.05, 4.69) is 35.0 Å². The number of rotatable bonds is 4. The Morgan fingerprint density at radius 2 is 2.00 bits per heavy atom. The molecule has 0 aliphatic heterocycles. The van der Waals surface area contributed by atoms with E-state index in [1.807, 2.05) is 30.3 Å². The molecule has 0 bridgehead atoms. The molecule has 18 heavy (non-hydrogen) atoms. The summed E-state index contributed by atoms with van der Waals surface area (Å²) in [6.07, 6.45) is 1.00. The fourth-order valence-electron chi connectivity index (χ4n) is 1.76. The van der Waals surface area contributed by atoms with Crippen LogP contribution in [0.2, 0.25) is 0 Å². The van der Waals surface area contributed by atoms with Crippen molar-refractivity contribution >= 4 is 15.9 Å². The summed E-state index contributed by atoms with van der Waals surface area (Å²) in [6.45, 7) is 2.59. The molecular weight excluding hydrogens is 290 g/mol. The van der Waals surface area contributed by atoms with Gasteiger partial charge >= 0.3 is 0 Å². The maximum absolute atomic E-state index is 5.90. The topological polar surface area (TPSA) is 35.2 Å². The number of nitrogens with two attached hydrogens (primary N) is 1. The Morgan fingerprint density at radius 1 is 1.17 bits per heavy atom. The molecule has 0 unspecified atom stereocenters. The highest BCUT2D eigenvalue weighted by Crippen LogP contribution is 2.28. The van der Waals surface area contributed by atoms with Crippen molar-refractivity contribution < 1.29 is 4.74 Å². The zero-order chi connectivity index (χ0) is 13.0. The molecule has 0 saturated heterocycles. The van der Waals surface area contributed by atoms with Crippen LogP contribution in [0.3, 0.4) is 0 Å². The van der Waals surface area contributed by atoms with Crippen LogP contribution in [0.25, 0.3) is 0 Å². The molecule has 0 atom stereocenters. The molecule has 3 heteroatoms. The fourth-order valence-corrected chi connectivity index (χ4v) is 2.17. The van der Waals surface area contributed by atoms with Gasteiger partial charge in [0, 0.05) is 16.6 Å². The summed E-state index contributed by atoms with van der Waals surface area (Å²) in [5.74, 6) is 1.67. The van der Waals surface area contributed by atoms with E-state index in [9.17, 15) is 0 Å². The van der Waals surface area contributed by atoms with Gasteiger partial charge in [0.25, 0.3) is 0 Å². The summed E-state index contributed by atoms with van der Waals surface area (Å²) in [6, 6.07) is 14.0. The van der Waals surface area contributed by atoms with E-state index in [1.165, 1.54) is 5.56 Å².